The molecule has 2 N–H and O–H groups in total. The molecular weight excluding hydrogens is 240 g/mol. The van der Waals surface area contributed by atoms with E-state index < -0.39 is 0 Å². The fourth-order valence-corrected chi connectivity index (χ4v) is 2.64. The van der Waals surface area contributed by atoms with Gasteiger partial charge >= 0.3 is 0 Å². The zero-order chi connectivity index (χ0) is 13.4. The van der Waals surface area contributed by atoms with Gasteiger partial charge in [0, 0.05) is 28.9 Å². The van der Waals surface area contributed by atoms with Gasteiger partial charge < -0.3 is 5.73 Å². The van der Waals surface area contributed by atoms with Crippen LogP contribution in [0.5, 0.6) is 0 Å². The molecule has 0 radical (unpaired) electrons. The number of nitrogens with two attached hydrogens (primary N) is 1. The summed E-state index contributed by atoms with van der Waals surface area (Å²) in [4.78, 5) is 3.89. The van der Waals surface area contributed by atoms with Crippen molar-refractivity contribution in [3.8, 4) is 11.8 Å². The van der Waals surface area contributed by atoms with E-state index in [1.165, 1.54) is 17.8 Å². The van der Waals surface area contributed by atoms with Crippen molar-refractivity contribution in [3.05, 3.63) is 21.9 Å². The predicted molar refractivity (Wildman–Crippen MR) is 80.7 cm³/mol. The van der Waals surface area contributed by atoms with Gasteiger partial charge in [0.1, 0.15) is 0 Å². The van der Waals surface area contributed by atoms with Crippen molar-refractivity contribution in [2.45, 2.75) is 33.7 Å². The largest absolute Gasteiger partial charge is 0.320 e. The van der Waals surface area contributed by atoms with Crippen LogP contribution in [0.2, 0.25) is 0 Å². The minimum absolute atomic E-state index is 0.431. The van der Waals surface area contributed by atoms with Crippen molar-refractivity contribution in [3.63, 3.8) is 0 Å². The molecule has 0 bridgehead atoms. The molecule has 100 valence electrons. The van der Waals surface area contributed by atoms with E-state index in [0.29, 0.717) is 6.54 Å². The first kappa shape index (κ1) is 15.2. The van der Waals surface area contributed by atoms with Crippen LogP contribution in [0.25, 0.3) is 0 Å². The Hall–Kier alpha value is -0.820. The zero-order valence-corrected chi connectivity index (χ0v) is 12.5. The molecule has 0 aliphatic rings. The molecule has 1 aromatic rings. The molecule has 0 aliphatic heterocycles. The first-order valence-corrected chi connectivity index (χ1v) is 7.56. The minimum Gasteiger partial charge on any atom is -0.320 e. The quantitative estimate of drug-likeness (QED) is 0.801. The topological polar surface area (TPSA) is 29.3 Å². The van der Waals surface area contributed by atoms with Crippen LogP contribution < -0.4 is 5.73 Å². The second-order valence-electron chi connectivity index (χ2n) is 4.65. The summed E-state index contributed by atoms with van der Waals surface area (Å²) in [6.07, 6.45) is 1.24. The highest BCUT2D eigenvalue weighted by Gasteiger charge is 2.09. The van der Waals surface area contributed by atoms with Gasteiger partial charge in [0.2, 0.25) is 0 Å². The standard InChI is InChI=1S/C15H24N2S/c1-4-13(3)10-17(5-2)11-15-9-14(12-18-15)7-6-8-16/h9,12-13H,4-5,8,10-11,16H2,1-3H3. The first-order chi connectivity index (χ1) is 8.69. The highest BCUT2D eigenvalue weighted by Crippen LogP contribution is 2.17. The summed E-state index contributed by atoms with van der Waals surface area (Å²) in [7, 11) is 0. The lowest BCUT2D eigenvalue weighted by Gasteiger charge is -2.22. The van der Waals surface area contributed by atoms with Crippen molar-refractivity contribution in [1.82, 2.24) is 4.90 Å². The van der Waals surface area contributed by atoms with Crippen LogP contribution >= 0.6 is 11.3 Å². The Bertz CT molecular complexity index is 400. The SMILES string of the molecule is CCC(C)CN(CC)Cc1cc(C#CCN)cs1. The molecule has 0 spiro atoms. The Morgan fingerprint density at radius 1 is 1.44 bits per heavy atom. The first-order valence-electron chi connectivity index (χ1n) is 6.68. The van der Waals surface area contributed by atoms with E-state index in [-0.39, 0.29) is 0 Å². The molecule has 2 nitrogen and oxygen atoms in total. The van der Waals surface area contributed by atoms with Gasteiger partial charge in [-0.1, -0.05) is 39.0 Å². The highest BCUT2D eigenvalue weighted by molar-refractivity contribution is 7.10. The van der Waals surface area contributed by atoms with Crippen LogP contribution in [0, 0.1) is 17.8 Å². The Morgan fingerprint density at radius 3 is 2.83 bits per heavy atom. The maximum absolute atomic E-state index is 5.38. The third-order valence-corrected chi connectivity index (χ3v) is 4.00. The van der Waals surface area contributed by atoms with Gasteiger partial charge in [0.15, 0.2) is 0 Å². The van der Waals surface area contributed by atoms with E-state index in [4.69, 9.17) is 5.73 Å². The van der Waals surface area contributed by atoms with Crippen LogP contribution in [0.1, 0.15) is 37.6 Å². The lowest BCUT2D eigenvalue weighted by Crippen LogP contribution is -2.27. The Morgan fingerprint density at radius 2 is 2.22 bits per heavy atom. The molecular formula is C15H24N2S. The molecule has 0 aromatic carbocycles. The van der Waals surface area contributed by atoms with E-state index in [1.807, 2.05) is 0 Å². The van der Waals surface area contributed by atoms with Crippen molar-refractivity contribution in [2.24, 2.45) is 11.7 Å². The fourth-order valence-electron chi connectivity index (χ4n) is 1.78. The average molecular weight is 264 g/mol. The number of thiophene rings is 1. The summed E-state index contributed by atoms with van der Waals surface area (Å²) < 4.78 is 0. The lowest BCUT2D eigenvalue weighted by atomic mass is 10.1. The molecule has 1 atom stereocenters. The Kier molecular flexibility index (Phi) is 7.04. The van der Waals surface area contributed by atoms with Crippen LogP contribution in [0.4, 0.5) is 0 Å². The van der Waals surface area contributed by atoms with Crippen LogP contribution in [-0.2, 0) is 6.54 Å². The average Bonchev–Trinajstić information content (AvgIpc) is 2.82. The molecule has 3 heteroatoms. The molecule has 0 saturated heterocycles. The zero-order valence-electron chi connectivity index (χ0n) is 11.7. The number of hydrogen-bond donors (Lipinski definition) is 1. The molecule has 1 rings (SSSR count). The summed E-state index contributed by atoms with van der Waals surface area (Å²) in [5.41, 5.74) is 6.47. The van der Waals surface area contributed by atoms with Crippen molar-refractivity contribution in [1.29, 1.82) is 0 Å². The summed E-state index contributed by atoms with van der Waals surface area (Å²) in [6.45, 7) is 10.5. The van der Waals surface area contributed by atoms with E-state index in [1.54, 1.807) is 11.3 Å². The normalized spacial score (nSPS) is 12.3. The maximum atomic E-state index is 5.38. The Labute approximate surface area is 115 Å². The molecule has 0 fully saturated rings. The summed E-state index contributed by atoms with van der Waals surface area (Å²) in [5, 5.41) is 2.12. The van der Waals surface area contributed by atoms with E-state index in [0.717, 1.165) is 24.6 Å². The van der Waals surface area contributed by atoms with E-state index in [2.05, 4.69) is 49.0 Å². The van der Waals surface area contributed by atoms with Crippen molar-refractivity contribution in [2.75, 3.05) is 19.6 Å². The number of rotatable bonds is 6. The third-order valence-electron chi connectivity index (χ3n) is 3.08. The van der Waals surface area contributed by atoms with E-state index in [9.17, 15) is 0 Å². The van der Waals surface area contributed by atoms with Gasteiger partial charge in [-0.15, -0.1) is 11.3 Å². The second kappa shape index (κ2) is 8.31. The van der Waals surface area contributed by atoms with Crippen molar-refractivity contribution < 1.29 is 0 Å². The summed E-state index contributed by atoms with van der Waals surface area (Å²) in [6, 6.07) is 2.19. The summed E-state index contributed by atoms with van der Waals surface area (Å²) in [5.74, 6) is 6.75. The van der Waals surface area contributed by atoms with Gasteiger partial charge in [-0.2, -0.15) is 0 Å². The lowest BCUT2D eigenvalue weighted by molar-refractivity contribution is 0.240. The summed E-state index contributed by atoms with van der Waals surface area (Å²) >= 11 is 1.79. The van der Waals surface area contributed by atoms with Gasteiger partial charge in [-0.25, -0.2) is 0 Å². The number of nitrogens with zero attached hydrogens (tertiary/aromatic N) is 1. The van der Waals surface area contributed by atoms with Crippen LogP contribution in [-0.4, -0.2) is 24.5 Å². The van der Waals surface area contributed by atoms with Crippen molar-refractivity contribution >= 4 is 11.3 Å². The van der Waals surface area contributed by atoms with Gasteiger partial charge in [0.05, 0.1) is 6.54 Å². The third kappa shape index (κ3) is 5.22. The molecule has 1 heterocycles. The molecule has 1 aromatic heterocycles. The predicted octanol–water partition coefficient (Wildman–Crippen LogP) is 2.93. The second-order valence-corrected chi connectivity index (χ2v) is 5.64. The molecule has 0 saturated carbocycles. The van der Waals surface area contributed by atoms with Gasteiger partial charge in [0.25, 0.3) is 0 Å². The maximum Gasteiger partial charge on any atom is 0.0555 e. The monoisotopic (exact) mass is 264 g/mol. The fraction of sp³-hybridized carbons (Fsp3) is 0.600. The molecule has 0 amide bonds. The van der Waals surface area contributed by atoms with Gasteiger partial charge in [-0.3, -0.25) is 4.90 Å². The van der Waals surface area contributed by atoms with E-state index >= 15 is 0 Å². The van der Waals surface area contributed by atoms with Gasteiger partial charge in [-0.05, 0) is 18.5 Å². The number of hydrogen-bond acceptors (Lipinski definition) is 3. The van der Waals surface area contributed by atoms with Crippen LogP contribution in [0.3, 0.4) is 0 Å². The Balaban J connectivity index is 2.56. The minimum atomic E-state index is 0.431. The molecule has 0 aliphatic carbocycles. The highest BCUT2D eigenvalue weighted by atomic mass is 32.1. The smallest absolute Gasteiger partial charge is 0.0555 e. The van der Waals surface area contributed by atoms with Crippen LogP contribution in [0.15, 0.2) is 11.4 Å². The molecule has 18 heavy (non-hydrogen) atoms. The molecule has 1 unspecified atom stereocenters.